The zero-order chi connectivity index (χ0) is 13.9. The van der Waals surface area contributed by atoms with E-state index in [1.807, 2.05) is 43.3 Å². The monoisotopic (exact) mass is 268 g/mol. The van der Waals surface area contributed by atoms with E-state index < -0.39 is 0 Å². The lowest BCUT2D eigenvalue weighted by Crippen LogP contribution is -2.11. The molecule has 0 saturated heterocycles. The Bertz CT molecular complexity index is 623. The van der Waals surface area contributed by atoms with Gasteiger partial charge in [0.05, 0.1) is 18.0 Å². The number of rotatable bonds is 4. The minimum Gasteiger partial charge on any atom is -0.494 e. The van der Waals surface area contributed by atoms with E-state index in [-0.39, 0.29) is 6.17 Å². The smallest absolute Gasteiger partial charge is 0.150 e. The van der Waals surface area contributed by atoms with Gasteiger partial charge in [0.2, 0.25) is 0 Å². The summed E-state index contributed by atoms with van der Waals surface area (Å²) in [5, 5.41) is 6.75. The van der Waals surface area contributed by atoms with E-state index in [4.69, 9.17) is 4.74 Å². The van der Waals surface area contributed by atoms with Gasteiger partial charge in [-0.2, -0.15) is 0 Å². The molecule has 0 aliphatic carbocycles. The van der Waals surface area contributed by atoms with Gasteiger partial charge in [0.1, 0.15) is 18.2 Å². The predicted molar refractivity (Wildman–Crippen MR) is 79.4 cm³/mol. The van der Waals surface area contributed by atoms with Crippen molar-refractivity contribution in [2.24, 2.45) is 0 Å². The lowest BCUT2D eigenvalue weighted by atomic mass is 10.1. The molecule has 0 spiro atoms. The summed E-state index contributed by atoms with van der Waals surface area (Å²) >= 11 is 0. The second-order valence-corrected chi connectivity index (χ2v) is 4.65. The second-order valence-electron chi connectivity index (χ2n) is 4.65. The van der Waals surface area contributed by atoms with E-state index in [1.54, 1.807) is 6.07 Å². The molecule has 2 aromatic carbocycles. The maximum atomic E-state index is 10.8. The fraction of sp³-hybridized carbons (Fsp3) is 0.188. The van der Waals surface area contributed by atoms with Gasteiger partial charge < -0.3 is 15.4 Å². The predicted octanol–water partition coefficient (Wildman–Crippen LogP) is 3.43. The summed E-state index contributed by atoms with van der Waals surface area (Å²) in [5.74, 6) is 0.870. The highest BCUT2D eigenvalue weighted by molar-refractivity contribution is 5.84. The van der Waals surface area contributed by atoms with Gasteiger partial charge in [-0.1, -0.05) is 12.1 Å². The first kappa shape index (κ1) is 12.5. The first-order valence-electron chi connectivity index (χ1n) is 6.65. The topological polar surface area (TPSA) is 50.4 Å². The highest BCUT2D eigenvalue weighted by atomic mass is 16.5. The van der Waals surface area contributed by atoms with Gasteiger partial charge in [-0.05, 0) is 42.8 Å². The Hall–Kier alpha value is -2.49. The van der Waals surface area contributed by atoms with Crippen molar-refractivity contribution in [1.29, 1.82) is 0 Å². The molecule has 0 bridgehead atoms. The Morgan fingerprint density at radius 2 is 1.85 bits per heavy atom. The van der Waals surface area contributed by atoms with Crippen molar-refractivity contribution in [2.45, 2.75) is 13.1 Å². The number of carbonyl (C=O) groups is 1. The molecule has 1 aliphatic heterocycles. The number of ether oxygens (including phenoxy) is 1. The molecule has 1 atom stereocenters. The Balaban J connectivity index is 1.78. The molecular formula is C16H16N2O2. The molecule has 102 valence electrons. The van der Waals surface area contributed by atoms with Crippen LogP contribution in [-0.2, 0) is 0 Å². The minimum atomic E-state index is 0.0163. The molecule has 0 saturated carbocycles. The van der Waals surface area contributed by atoms with Crippen LogP contribution < -0.4 is 15.4 Å². The number of nitrogens with one attached hydrogen (secondary N) is 2. The van der Waals surface area contributed by atoms with Crippen LogP contribution in [0.2, 0.25) is 0 Å². The number of hydrogen-bond donors (Lipinski definition) is 2. The van der Waals surface area contributed by atoms with Crippen molar-refractivity contribution in [3.63, 3.8) is 0 Å². The van der Waals surface area contributed by atoms with Crippen LogP contribution in [0, 0.1) is 0 Å². The van der Waals surface area contributed by atoms with Gasteiger partial charge in [0, 0.05) is 5.56 Å². The van der Waals surface area contributed by atoms with Gasteiger partial charge >= 0.3 is 0 Å². The van der Waals surface area contributed by atoms with Crippen LogP contribution >= 0.6 is 0 Å². The van der Waals surface area contributed by atoms with Crippen molar-refractivity contribution < 1.29 is 9.53 Å². The Labute approximate surface area is 117 Å². The number of benzene rings is 2. The molecule has 0 radical (unpaired) electrons. The maximum Gasteiger partial charge on any atom is 0.150 e. The molecular weight excluding hydrogens is 252 g/mol. The van der Waals surface area contributed by atoms with Crippen molar-refractivity contribution in [2.75, 3.05) is 17.2 Å². The average molecular weight is 268 g/mol. The third-order valence-electron chi connectivity index (χ3n) is 3.30. The summed E-state index contributed by atoms with van der Waals surface area (Å²) in [6, 6.07) is 13.6. The van der Waals surface area contributed by atoms with E-state index in [2.05, 4.69) is 10.6 Å². The van der Waals surface area contributed by atoms with E-state index in [1.165, 1.54) is 0 Å². The van der Waals surface area contributed by atoms with Crippen LogP contribution in [0.15, 0.2) is 42.5 Å². The Morgan fingerprint density at radius 3 is 2.55 bits per heavy atom. The fourth-order valence-electron chi connectivity index (χ4n) is 2.32. The molecule has 3 rings (SSSR count). The van der Waals surface area contributed by atoms with Crippen molar-refractivity contribution in [3.05, 3.63) is 53.6 Å². The van der Waals surface area contributed by atoms with Crippen LogP contribution in [0.1, 0.15) is 29.0 Å². The van der Waals surface area contributed by atoms with Crippen LogP contribution in [0.3, 0.4) is 0 Å². The molecule has 0 fully saturated rings. The fourth-order valence-corrected chi connectivity index (χ4v) is 2.32. The quantitative estimate of drug-likeness (QED) is 0.834. The van der Waals surface area contributed by atoms with Gasteiger partial charge in [0.25, 0.3) is 0 Å². The molecule has 1 aliphatic rings. The standard InChI is InChI=1S/C16H16N2O2/c1-2-20-13-6-4-12(5-7-13)16-17-14-8-3-11(10-19)9-15(14)18-16/h3-10,16-18H,2H2,1H3. The number of fused-ring (bicyclic) bond motifs is 1. The zero-order valence-electron chi connectivity index (χ0n) is 11.2. The summed E-state index contributed by atoms with van der Waals surface area (Å²) in [7, 11) is 0. The average Bonchev–Trinajstić information content (AvgIpc) is 2.91. The van der Waals surface area contributed by atoms with E-state index in [9.17, 15) is 4.79 Å². The third-order valence-corrected chi connectivity index (χ3v) is 3.30. The molecule has 1 heterocycles. The van der Waals surface area contributed by atoms with E-state index in [0.717, 1.165) is 29.0 Å². The van der Waals surface area contributed by atoms with Crippen molar-refractivity contribution in [1.82, 2.24) is 0 Å². The van der Waals surface area contributed by atoms with Gasteiger partial charge in [0.15, 0.2) is 0 Å². The Morgan fingerprint density at radius 1 is 1.10 bits per heavy atom. The normalized spacial score (nSPS) is 15.9. The van der Waals surface area contributed by atoms with Crippen LogP contribution in [0.25, 0.3) is 0 Å². The van der Waals surface area contributed by atoms with Gasteiger partial charge in [-0.15, -0.1) is 0 Å². The van der Waals surface area contributed by atoms with E-state index >= 15 is 0 Å². The summed E-state index contributed by atoms with van der Waals surface area (Å²) in [4.78, 5) is 10.8. The number of hydrogen-bond acceptors (Lipinski definition) is 4. The minimum absolute atomic E-state index is 0.0163. The third kappa shape index (κ3) is 2.32. The van der Waals surface area contributed by atoms with Gasteiger partial charge in [-0.25, -0.2) is 0 Å². The van der Waals surface area contributed by atoms with Crippen molar-refractivity contribution in [3.8, 4) is 5.75 Å². The molecule has 1 unspecified atom stereocenters. The Kier molecular flexibility index (Phi) is 3.29. The molecule has 20 heavy (non-hydrogen) atoms. The summed E-state index contributed by atoms with van der Waals surface area (Å²) in [6.07, 6.45) is 0.870. The second kappa shape index (κ2) is 5.25. The van der Waals surface area contributed by atoms with Crippen LogP contribution in [0.5, 0.6) is 5.75 Å². The maximum absolute atomic E-state index is 10.8. The summed E-state index contributed by atoms with van der Waals surface area (Å²) in [6.45, 7) is 2.63. The SMILES string of the molecule is CCOc1ccc(C2Nc3ccc(C=O)cc3N2)cc1. The highest BCUT2D eigenvalue weighted by Crippen LogP contribution is 2.35. The van der Waals surface area contributed by atoms with Gasteiger partial charge in [-0.3, -0.25) is 4.79 Å². The zero-order valence-corrected chi connectivity index (χ0v) is 11.2. The number of carbonyl (C=O) groups excluding carboxylic acids is 1. The first-order chi connectivity index (χ1) is 9.80. The largest absolute Gasteiger partial charge is 0.494 e. The van der Waals surface area contributed by atoms with Crippen molar-refractivity contribution >= 4 is 17.7 Å². The number of anilines is 2. The molecule has 2 aromatic rings. The highest BCUT2D eigenvalue weighted by Gasteiger charge is 2.20. The molecule has 4 nitrogen and oxygen atoms in total. The molecule has 0 amide bonds. The lowest BCUT2D eigenvalue weighted by molar-refractivity contribution is 0.112. The van der Waals surface area contributed by atoms with Crippen LogP contribution in [-0.4, -0.2) is 12.9 Å². The first-order valence-corrected chi connectivity index (χ1v) is 6.65. The molecule has 4 heteroatoms. The summed E-state index contributed by atoms with van der Waals surface area (Å²) in [5.41, 5.74) is 3.76. The van der Waals surface area contributed by atoms with E-state index in [0.29, 0.717) is 12.2 Å². The number of aldehydes is 1. The van der Waals surface area contributed by atoms with Crippen LogP contribution in [0.4, 0.5) is 11.4 Å². The molecule has 2 N–H and O–H groups in total. The molecule has 0 aromatic heterocycles. The summed E-state index contributed by atoms with van der Waals surface area (Å²) < 4.78 is 5.44. The lowest BCUT2D eigenvalue weighted by Gasteiger charge is -2.13.